The molecule has 5 heteroatoms. The summed E-state index contributed by atoms with van der Waals surface area (Å²) in [6, 6.07) is 10.5. The minimum Gasteiger partial charge on any atom is -0.399 e. The first-order valence-corrected chi connectivity index (χ1v) is 9.64. The minimum atomic E-state index is -1.50. The number of rotatable bonds is 1. The third-order valence-corrected chi connectivity index (χ3v) is 6.91. The van der Waals surface area contributed by atoms with Crippen molar-refractivity contribution in [2.45, 2.75) is 39.5 Å². The van der Waals surface area contributed by atoms with Crippen molar-refractivity contribution in [3.8, 4) is 18.2 Å². The highest BCUT2D eigenvalue weighted by atomic mass is 32.1. The number of hydrogen-bond donors (Lipinski definition) is 1. The van der Waals surface area contributed by atoms with Gasteiger partial charge in [0.15, 0.2) is 5.41 Å². The molecule has 0 bridgehead atoms. The zero-order chi connectivity index (χ0) is 19.1. The van der Waals surface area contributed by atoms with E-state index in [0.29, 0.717) is 11.5 Å². The first-order chi connectivity index (χ1) is 12.3. The molecule has 4 nitrogen and oxygen atoms in total. The van der Waals surface area contributed by atoms with Gasteiger partial charge in [0.1, 0.15) is 6.07 Å². The van der Waals surface area contributed by atoms with Crippen LogP contribution in [0.4, 0.5) is 0 Å². The lowest BCUT2D eigenvalue weighted by molar-refractivity contribution is 0.171. The zero-order valence-electron chi connectivity index (χ0n) is 15.3. The fourth-order valence-corrected chi connectivity index (χ4v) is 5.33. The Morgan fingerprint density at radius 2 is 1.92 bits per heavy atom. The maximum Gasteiger partial charge on any atom is 0.192 e. The Balaban J connectivity index is 2.27. The maximum absolute atomic E-state index is 10.00. The van der Waals surface area contributed by atoms with Crippen molar-refractivity contribution in [3.63, 3.8) is 0 Å². The number of nitrogens with two attached hydrogens (primary N) is 1. The largest absolute Gasteiger partial charge is 0.399 e. The monoisotopic (exact) mass is 362 g/mol. The molecule has 1 aromatic heterocycles. The molecule has 3 atom stereocenters. The molecule has 0 unspecified atom stereocenters. The summed E-state index contributed by atoms with van der Waals surface area (Å²) < 4.78 is 0. The third-order valence-electron chi connectivity index (χ3n) is 5.95. The second kappa shape index (κ2) is 6.31. The molecular formula is C21H22N4S. The van der Waals surface area contributed by atoms with E-state index < -0.39 is 5.41 Å². The van der Waals surface area contributed by atoms with Crippen molar-refractivity contribution in [1.29, 1.82) is 15.8 Å². The van der Waals surface area contributed by atoms with Gasteiger partial charge in [-0.05, 0) is 47.1 Å². The predicted molar refractivity (Wildman–Crippen MR) is 101 cm³/mol. The Morgan fingerprint density at radius 3 is 2.42 bits per heavy atom. The molecule has 0 fully saturated rings. The second-order valence-electron chi connectivity index (χ2n) is 8.23. The molecule has 0 aromatic carbocycles. The molecule has 0 spiro atoms. The van der Waals surface area contributed by atoms with Crippen LogP contribution in [0.25, 0.3) is 0 Å². The van der Waals surface area contributed by atoms with Crippen LogP contribution >= 0.6 is 11.3 Å². The Morgan fingerprint density at radius 1 is 1.23 bits per heavy atom. The molecule has 132 valence electrons. The van der Waals surface area contributed by atoms with Crippen molar-refractivity contribution in [2.75, 3.05) is 0 Å². The molecule has 2 aliphatic carbocycles. The quantitative estimate of drug-likeness (QED) is 0.788. The van der Waals surface area contributed by atoms with Crippen LogP contribution in [0.3, 0.4) is 0 Å². The molecule has 0 saturated carbocycles. The zero-order valence-corrected chi connectivity index (χ0v) is 16.1. The summed E-state index contributed by atoms with van der Waals surface area (Å²) in [5.74, 6) is 0.0342. The van der Waals surface area contributed by atoms with Crippen molar-refractivity contribution < 1.29 is 0 Å². The molecule has 3 rings (SSSR count). The SMILES string of the molecule is CC(C)(C)[C@@H]1CC=C2C(C#N)=C(N)C(C#N)(C#N)[C@H](c3cccs3)[C@@H]2C1. The number of fused-ring (bicyclic) bond motifs is 1. The standard InChI is InChI=1S/C21H22N4S/c1-20(2,3)13-6-7-14-15(9-13)18(17-5-4-8-26-17)21(11-23,12-24)19(25)16(14)10-22/h4-5,7-8,13,15,18H,6,9,25H2,1-3H3/t13-,15-,18+/m1/s1. The van der Waals surface area contributed by atoms with Gasteiger partial charge in [0.05, 0.1) is 23.4 Å². The average Bonchev–Trinajstić information content (AvgIpc) is 3.13. The van der Waals surface area contributed by atoms with E-state index in [9.17, 15) is 15.8 Å². The van der Waals surface area contributed by atoms with Gasteiger partial charge in [0.2, 0.25) is 0 Å². The Kier molecular flexibility index (Phi) is 4.43. The third kappa shape index (κ3) is 2.54. The van der Waals surface area contributed by atoms with Crippen LogP contribution in [-0.4, -0.2) is 0 Å². The molecule has 0 radical (unpaired) electrons. The molecule has 1 aromatic rings. The van der Waals surface area contributed by atoms with Gasteiger partial charge in [0, 0.05) is 10.8 Å². The van der Waals surface area contributed by atoms with E-state index in [1.165, 1.54) is 0 Å². The van der Waals surface area contributed by atoms with Gasteiger partial charge in [-0.1, -0.05) is 32.9 Å². The van der Waals surface area contributed by atoms with E-state index in [1.807, 2.05) is 17.5 Å². The van der Waals surface area contributed by atoms with Gasteiger partial charge in [-0.15, -0.1) is 11.3 Å². The van der Waals surface area contributed by atoms with Gasteiger partial charge in [-0.3, -0.25) is 0 Å². The van der Waals surface area contributed by atoms with Crippen LogP contribution in [0.2, 0.25) is 0 Å². The molecule has 0 amide bonds. The van der Waals surface area contributed by atoms with Crippen molar-refractivity contribution in [1.82, 2.24) is 0 Å². The predicted octanol–water partition coefficient (Wildman–Crippen LogP) is 4.61. The first-order valence-electron chi connectivity index (χ1n) is 8.76. The van der Waals surface area contributed by atoms with Crippen LogP contribution in [0, 0.1) is 56.7 Å². The summed E-state index contributed by atoms with van der Waals surface area (Å²) in [7, 11) is 0. The second-order valence-corrected chi connectivity index (χ2v) is 9.20. The number of hydrogen-bond acceptors (Lipinski definition) is 5. The smallest absolute Gasteiger partial charge is 0.192 e. The molecule has 2 aliphatic rings. The van der Waals surface area contributed by atoms with E-state index in [-0.39, 0.29) is 22.9 Å². The summed E-state index contributed by atoms with van der Waals surface area (Å²) in [6.45, 7) is 6.66. The molecule has 0 aliphatic heterocycles. The highest BCUT2D eigenvalue weighted by Gasteiger charge is 2.55. The highest BCUT2D eigenvalue weighted by molar-refractivity contribution is 7.10. The minimum absolute atomic E-state index is 0.0483. The molecular weight excluding hydrogens is 340 g/mol. The fraction of sp³-hybridized carbons (Fsp3) is 0.476. The number of nitriles is 3. The van der Waals surface area contributed by atoms with Gasteiger partial charge in [-0.2, -0.15) is 15.8 Å². The van der Waals surface area contributed by atoms with Crippen LogP contribution in [-0.2, 0) is 0 Å². The Labute approximate surface area is 158 Å². The van der Waals surface area contributed by atoms with Crippen molar-refractivity contribution in [2.24, 2.45) is 28.4 Å². The molecule has 1 heterocycles. The summed E-state index contributed by atoms with van der Waals surface area (Å²) in [5, 5.41) is 31.7. The topological polar surface area (TPSA) is 97.4 Å². The maximum atomic E-state index is 10.00. The van der Waals surface area contributed by atoms with E-state index >= 15 is 0 Å². The first kappa shape index (κ1) is 18.2. The summed E-state index contributed by atoms with van der Waals surface area (Å²) in [6.07, 6.45) is 3.85. The number of thiophene rings is 1. The molecule has 2 N–H and O–H groups in total. The van der Waals surface area contributed by atoms with Crippen LogP contribution in [0.15, 0.2) is 40.4 Å². The van der Waals surface area contributed by atoms with Gasteiger partial charge in [-0.25, -0.2) is 0 Å². The van der Waals surface area contributed by atoms with Crippen molar-refractivity contribution >= 4 is 11.3 Å². The number of allylic oxidation sites excluding steroid dienone is 4. The van der Waals surface area contributed by atoms with Gasteiger partial charge in [0.25, 0.3) is 0 Å². The fourth-order valence-electron chi connectivity index (χ4n) is 4.37. The van der Waals surface area contributed by atoms with E-state index in [0.717, 1.165) is 23.3 Å². The summed E-state index contributed by atoms with van der Waals surface area (Å²) in [5.41, 5.74) is 6.27. The van der Waals surface area contributed by atoms with E-state index in [4.69, 9.17) is 5.73 Å². The lowest BCUT2D eigenvalue weighted by Crippen LogP contribution is -2.44. The van der Waals surface area contributed by atoms with Crippen LogP contribution in [0.5, 0.6) is 0 Å². The lowest BCUT2D eigenvalue weighted by Gasteiger charge is -2.46. The molecule has 0 saturated heterocycles. The van der Waals surface area contributed by atoms with Gasteiger partial charge >= 0.3 is 0 Å². The van der Waals surface area contributed by atoms with E-state index in [2.05, 4.69) is 45.1 Å². The molecule has 26 heavy (non-hydrogen) atoms. The Bertz CT molecular complexity index is 880. The van der Waals surface area contributed by atoms with Gasteiger partial charge < -0.3 is 5.73 Å². The van der Waals surface area contributed by atoms with E-state index in [1.54, 1.807) is 11.3 Å². The van der Waals surface area contributed by atoms with Crippen molar-refractivity contribution in [3.05, 3.63) is 45.3 Å². The summed E-state index contributed by atoms with van der Waals surface area (Å²) >= 11 is 1.55. The number of nitrogens with zero attached hydrogens (tertiary/aromatic N) is 3. The van der Waals surface area contributed by atoms with Crippen LogP contribution in [0.1, 0.15) is 44.4 Å². The normalized spacial score (nSPS) is 27.5. The highest BCUT2D eigenvalue weighted by Crippen LogP contribution is 2.58. The van der Waals surface area contributed by atoms with Crippen LogP contribution < -0.4 is 5.73 Å². The Hall–Kier alpha value is -2.55. The lowest BCUT2D eigenvalue weighted by atomic mass is 9.55. The summed E-state index contributed by atoms with van der Waals surface area (Å²) in [4.78, 5) is 0.985. The average molecular weight is 363 g/mol.